The molecule has 0 aliphatic heterocycles. The van der Waals surface area contributed by atoms with Gasteiger partial charge < -0.3 is 20.3 Å². The van der Waals surface area contributed by atoms with Crippen LogP contribution >= 0.6 is 0 Å². The lowest BCUT2D eigenvalue weighted by molar-refractivity contribution is -0.190. The molecule has 0 aromatic heterocycles. The third kappa shape index (κ3) is 9.18. The highest BCUT2D eigenvalue weighted by Crippen LogP contribution is 2.20. The molecule has 0 aliphatic carbocycles. The number of aliphatic carboxylic acids is 1. The van der Waals surface area contributed by atoms with E-state index < -0.39 is 36.2 Å². The summed E-state index contributed by atoms with van der Waals surface area (Å²) in [6.45, 7) is 7.40. The number of carboxylic acids is 1. The minimum absolute atomic E-state index is 0.197. The monoisotopic (exact) mass is 331 g/mol. The van der Waals surface area contributed by atoms with Crippen LogP contribution in [0.5, 0.6) is 0 Å². The molecule has 0 saturated carbocycles. The molecule has 0 rings (SSSR count). The Morgan fingerprint density at radius 3 is 2.17 bits per heavy atom. The van der Waals surface area contributed by atoms with Crippen LogP contribution < -0.4 is 5.73 Å². The van der Waals surface area contributed by atoms with Crippen molar-refractivity contribution >= 4 is 17.9 Å². The molecule has 7 heteroatoms. The van der Waals surface area contributed by atoms with Crippen LogP contribution in [0.25, 0.3) is 0 Å². The maximum Gasteiger partial charge on any atom is 0.326 e. The number of nitrogens with two attached hydrogens (primary N) is 1. The van der Waals surface area contributed by atoms with Crippen LogP contribution in [0.1, 0.15) is 59.8 Å². The van der Waals surface area contributed by atoms with Gasteiger partial charge in [-0.05, 0) is 24.7 Å². The van der Waals surface area contributed by atoms with Crippen molar-refractivity contribution in [2.45, 2.75) is 72.1 Å². The molecule has 0 aliphatic rings. The van der Waals surface area contributed by atoms with Gasteiger partial charge in [-0.1, -0.05) is 27.7 Å². The van der Waals surface area contributed by atoms with Gasteiger partial charge in [0.05, 0.1) is 6.42 Å². The summed E-state index contributed by atoms with van der Waals surface area (Å²) >= 11 is 0. The normalized spacial score (nSPS) is 14.9. The summed E-state index contributed by atoms with van der Waals surface area (Å²) in [5.41, 5.74) is 5.87. The first-order valence-electron chi connectivity index (χ1n) is 8.08. The molecule has 0 aromatic rings. The Morgan fingerprint density at radius 2 is 1.74 bits per heavy atom. The SMILES string of the molecule is CCCC(=O)OC(CC)OC(=O)C(N)C(CC(=O)O)CC(C)C. The number of ether oxygens (including phenoxy) is 2. The smallest absolute Gasteiger partial charge is 0.326 e. The van der Waals surface area contributed by atoms with E-state index in [4.69, 9.17) is 20.3 Å². The molecule has 3 unspecified atom stereocenters. The van der Waals surface area contributed by atoms with Crippen LogP contribution in [0.2, 0.25) is 0 Å². The minimum Gasteiger partial charge on any atom is -0.481 e. The van der Waals surface area contributed by atoms with Crippen molar-refractivity contribution < 1.29 is 29.0 Å². The van der Waals surface area contributed by atoms with Gasteiger partial charge in [0.25, 0.3) is 0 Å². The standard InChI is InChI=1S/C16H29NO6/c1-5-7-13(20)22-14(6-2)23-16(21)15(17)11(8-10(3)4)9-12(18)19/h10-11,14-15H,5-9,17H2,1-4H3,(H,18,19). The first-order valence-corrected chi connectivity index (χ1v) is 8.08. The maximum absolute atomic E-state index is 12.1. The van der Waals surface area contributed by atoms with E-state index in [0.717, 1.165) is 0 Å². The molecular formula is C16H29NO6. The molecular weight excluding hydrogens is 302 g/mol. The van der Waals surface area contributed by atoms with E-state index >= 15 is 0 Å². The molecule has 7 nitrogen and oxygen atoms in total. The topological polar surface area (TPSA) is 116 Å². The van der Waals surface area contributed by atoms with Crippen molar-refractivity contribution in [2.75, 3.05) is 0 Å². The zero-order valence-corrected chi connectivity index (χ0v) is 14.4. The van der Waals surface area contributed by atoms with Crippen LogP contribution in [-0.2, 0) is 23.9 Å². The second-order valence-electron chi connectivity index (χ2n) is 6.03. The molecule has 0 bridgehead atoms. The van der Waals surface area contributed by atoms with Crippen LogP contribution in [0, 0.1) is 11.8 Å². The van der Waals surface area contributed by atoms with Crippen molar-refractivity contribution in [2.24, 2.45) is 17.6 Å². The average Bonchev–Trinajstić information content (AvgIpc) is 2.44. The lowest BCUT2D eigenvalue weighted by Gasteiger charge is -2.25. The molecule has 0 saturated heterocycles. The van der Waals surface area contributed by atoms with Crippen LogP contribution in [0.15, 0.2) is 0 Å². The van der Waals surface area contributed by atoms with Crippen molar-refractivity contribution in [3.8, 4) is 0 Å². The highest BCUT2D eigenvalue weighted by atomic mass is 16.7. The minimum atomic E-state index is -1.06. The van der Waals surface area contributed by atoms with E-state index in [2.05, 4.69) is 0 Å². The lowest BCUT2D eigenvalue weighted by atomic mass is 9.88. The lowest BCUT2D eigenvalue weighted by Crippen LogP contribution is -2.43. The van der Waals surface area contributed by atoms with Gasteiger partial charge in [-0.25, -0.2) is 0 Å². The summed E-state index contributed by atoms with van der Waals surface area (Å²) < 4.78 is 10.2. The zero-order chi connectivity index (χ0) is 18.0. The van der Waals surface area contributed by atoms with E-state index in [1.807, 2.05) is 20.8 Å². The number of hydrogen-bond acceptors (Lipinski definition) is 6. The molecule has 0 fully saturated rings. The van der Waals surface area contributed by atoms with Gasteiger partial charge >= 0.3 is 17.9 Å². The summed E-state index contributed by atoms with van der Waals surface area (Å²) in [6, 6.07) is -1.06. The highest BCUT2D eigenvalue weighted by molar-refractivity contribution is 5.77. The number of carboxylic acid groups (broad SMARTS) is 1. The average molecular weight is 331 g/mol. The van der Waals surface area contributed by atoms with Gasteiger partial charge in [-0.2, -0.15) is 0 Å². The number of esters is 2. The molecule has 134 valence electrons. The number of carbonyl (C=O) groups excluding carboxylic acids is 2. The van der Waals surface area contributed by atoms with Crippen LogP contribution in [0.4, 0.5) is 0 Å². The summed E-state index contributed by atoms with van der Waals surface area (Å²) in [5, 5.41) is 8.96. The number of hydrogen-bond donors (Lipinski definition) is 2. The fraction of sp³-hybridized carbons (Fsp3) is 0.812. The van der Waals surface area contributed by atoms with Gasteiger partial charge in [-0.15, -0.1) is 0 Å². The number of rotatable bonds is 11. The van der Waals surface area contributed by atoms with E-state index in [1.165, 1.54) is 0 Å². The van der Waals surface area contributed by atoms with Crippen molar-refractivity contribution in [1.29, 1.82) is 0 Å². The van der Waals surface area contributed by atoms with Crippen molar-refractivity contribution in [3.05, 3.63) is 0 Å². The molecule has 3 atom stereocenters. The summed E-state index contributed by atoms with van der Waals surface area (Å²) in [5.74, 6) is -2.52. The second kappa shape index (κ2) is 11.0. The summed E-state index contributed by atoms with van der Waals surface area (Å²) in [7, 11) is 0. The molecule has 0 spiro atoms. The van der Waals surface area contributed by atoms with E-state index in [9.17, 15) is 14.4 Å². The molecule has 3 N–H and O–H groups in total. The van der Waals surface area contributed by atoms with E-state index in [0.29, 0.717) is 19.3 Å². The Balaban J connectivity index is 4.73. The quantitative estimate of drug-likeness (QED) is 0.440. The third-order valence-corrected chi connectivity index (χ3v) is 3.29. The summed E-state index contributed by atoms with van der Waals surface area (Å²) in [6.07, 6.45) is 0.488. The van der Waals surface area contributed by atoms with Crippen molar-refractivity contribution in [1.82, 2.24) is 0 Å². The fourth-order valence-corrected chi connectivity index (χ4v) is 2.19. The third-order valence-electron chi connectivity index (χ3n) is 3.29. The van der Waals surface area contributed by atoms with Gasteiger partial charge in [0.15, 0.2) is 0 Å². The van der Waals surface area contributed by atoms with Gasteiger partial charge in [0, 0.05) is 12.8 Å². The maximum atomic E-state index is 12.1. The molecule has 0 radical (unpaired) electrons. The number of carbonyl (C=O) groups is 3. The molecule has 0 heterocycles. The van der Waals surface area contributed by atoms with Gasteiger partial charge in [0.2, 0.25) is 6.29 Å². The predicted octanol–water partition coefficient (Wildman–Crippen LogP) is 2.07. The zero-order valence-electron chi connectivity index (χ0n) is 14.4. The van der Waals surface area contributed by atoms with E-state index in [-0.39, 0.29) is 18.8 Å². The van der Waals surface area contributed by atoms with Gasteiger partial charge in [0.1, 0.15) is 6.04 Å². The Bertz CT molecular complexity index is 396. The first-order chi connectivity index (χ1) is 10.7. The van der Waals surface area contributed by atoms with Gasteiger partial charge in [-0.3, -0.25) is 14.4 Å². The molecule has 23 heavy (non-hydrogen) atoms. The largest absolute Gasteiger partial charge is 0.481 e. The fourth-order valence-electron chi connectivity index (χ4n) is 2.19. The Hall–Kier alpha value is -1.63. The van der Waals surface area contributed by atoms with E-state index in [1.54, 1.807) is 6.92 Å². The Morgan fingerprint density at radius 1 is 1.13 bits per heavy atom. The molecule has 0 amide bonds. The second-order valence-corrected chi connectivity index (χ2v) is 6.03. The van der Waals surface area contributed by atoms with Crippen LogP contribution in [-0.4, -0.2) is 35.3 Å². The Kier molecular flexibility index (Phi) is 10.2. The predicted molar refractivity (Wildman–Crippen MR) is 84.3 cm³/mol. The van der Waals surface area contributed by atoms with Crippen molar-refractivity contribution in [3.63, 3.8) is 0 Å². The molecule has 0 aromatic carbocycles. The highest BCUT2D eigenvalue weighted by Gasteiger charge is 2.30. The van der Waals surface area contributed by atoms with Crippen LogP contribution in [0.3, 0.4) is 0 Å². The Labute approximate surface area is 137 Å². The first kappa shape index (κ1) is 21.4. The summed E-state index contributed by atoms with van der Waals surface area (Å²) in [4.78, 5) is 34.5.